The highest BCUT2D eigenvalue weighted by Crippen LogP contribution is 2.14. The number of aromatic nitrogens is 3. The Bertz CT molecular complexity index is 524. The van der Waals surface area contributed by atoms with Crippen molar-refractivity contribution in [1.29, 1.82) is 0 Å². The summed E-state index contributed by atoms with van der Waals surface area (Å²) in [5, 5.41) is 7.80. The second kappa shape index (κ2) is 4.26. The van der Waals surface area contributed by atoms with E-state index in [0.29, 0.717) is 11.5 Å². The molecule has 2 aromatic rings. The van der Waals surface area contributed by atoms with Gasteiger partial charge < -0.3 is 5.43 Å². The molecule has 1 aliphatic heterocycles. The predicted molar refractivity (Wildman–Crippen MR) is 61.8 cm³/mol. The van der Waals surface area contributed by atoms with E-state index < -0.39 is 0 Å². The second-order valence-corrected chi connectivity index (χ2v) is 3.51. The van der Waals surface area contributed by atoms with Gasteiger partial charge in [-0.1, -0.05) is 6.07 Å². The van der Waals surface area contributed by atoms with Gasteiger partial charge in [0.2, 0.25) is 0 Å². The first-order valence-corrected chi connectivity index (χ1v) is 5.22. The molecule has 0 aliphatic carbocycles. The van der Waals surface area contributed by atoms with Crippen LogP contribution in [0.25, 0.3) is 0 Å². The number of aliphatic imine (C=N–C) groups is 1. The molecule has 0 aromatic carbocycles. The van der Waals surface area contributed by atoms with Crippen LogP contribution in [-0.4, -0.2) is 21.0 Å². The minimum absolute atomic E-state index is 0.187. The van der Waals surface area contributed by atoms with Gasteiger partial charge in [-0.05, 0) is 24.3 Å². The fourth-order valence-electron chi connectivity index (χ4n) is 1.57. The highest BCUT2D eigenvalue weighted by molar-refractivity contribution is 5.97. The van der Waals surface area contributed by atoms with Gasteiger partial charge in [0.05, 0.1) is 5.69 Å². The summed E-state index contributed by atoms with van der Waals surface area (Å²) >= 11 is 0. The molecule has 0 saturated carbocycles. The average Bonchev–Trinajstić information content (AvgIpc) is 2.90. The van der Waals surface area contributed by atoms with E-state index in [1.165, 1.54) is 0 Å². The highest BCUT2D eigenvalue weighted by Gasteiger charge is 2.20. The van der Waals surface area contributed by atoms with Crippen molar-refractivity contribution in [3.63, 3.8) is 0 Å². The van der Waals surface area contributed by atoms with Crippen LogP contribution in [0.1, 0.15) is 17.6 Å². The van der Waals surface area contributed by atoms with Crippen molar-refractivity contribution in [2.45, 2.75) is 6.17 Å². The first kappa shape index (κ1) is 9.86. The maximum atomic E-state index is 4.46. The number of pyridine rings is 1. The smallest absolute Gasteiger partial charge is 0.165 e. The minimum Gasteiger partial charge on any atom is -0.302 e. The van der Waals surface area contributed by atoms with Gasteiger partial charge in [0, 0.05) is 12.4 Å². The van der Waals surface area contributed by atoms with Gasteiger partial charge in [0.25, 0.3) is 0 Å². The van der Waals surface area contributed by atoms with Crippen LogP contribution in [0, 0.1) is 0 Å². The summed E-state index contributed by atoms with van der Waals surface area (Å²) in [4.78, 5) is 8.70. The lowest BCUT2D eigenvalue weighted by molar-refractivity contribution is 0.561. The van der Waals surface area contributed by atoms with E-state index in [-0.39, 0.29) is 6.17 Å². The zero-order valence-electron chi connectivity index (χ0n) is 8.91. The summed E-state index contributed by atoms with van der Waals surface area (Å²) in [5.74, 6) is 0.675. The van der Waals surface area contributed by atoms with Crippen molar-refractivity contribution in [3.05, 3.63) is 54.1 Å². The fraction of sp³-hybridized carbons (Fsp3) is 0.0909. The molecule has 0 radical (unpaired) electrons. The molecule has 0 saturated heterocycles. The van der Waals surface area contributed by atoms with Crippen LogP contribution in [0.4, 0.5) is 0 Å². The average molecular weight is 226 g/mol. The Hall–Kier alpha value is -2.34. The Kier molecular flexibility index (Phi) is 2.47. The Morgan fingerprint density at radius 1 is 1.06 bits per heavy atom. The molecule has 1 aliphatic rings. The van der Waals surface area contributed by atoms with Crippen molar-refractivity contribution < 1.29 is 0 Å². The van der Waals surface area contributed by atoms with E-state index in [1.807, 2.05) is 30.3 Å². The zero-order valence-corrected chi connectivity index (χ0v) is 8.91. The monoisotopic (exact) mass is 226 g/mol. The SMILES string of the molecule is c1ccc(C2N=C(c3cccnn3)NN2)nc1. The van der Waals surface area contributed by atoms with Crippen LogP contribution in [0.5, 0.6) is 0 Å². The van der Waals surface area contributed by atoms with E-state index in [4.69, 9.17) is 0 Å². The minimum atomic E-state index is -0.187. The van der Waals surface area contributed by atoms with E-state index in [2.05, 4.69) is 31.0 Å². The van der Waals surface area contributed by atoms with Crippen LogP contribution >= 0.6 is 0 Å². The number of nitrogens with one attached hydrogen (secondary N) is 2. The third-order valence-corrected chi connectivity index (χ3v) is 2.37. The third-order valence-electron chi connectivity index (χ3n) is 2.37. The Balaban J connectivity index is 1.87. The summed E-state index contributed by atoms with van der Waals surface area (Å²) in [5.41, 5.74) is 7.58. The lowest BCUT2D eigenvalue weighted by Gasteiger charge is -2.04. The van der Waals surface area contributed by atoms with E-state index in [1.54, 1.807) is 12.4 Å². The molecular weight excluding hydrogens is 216 g/mol. The summed E-state index contributed by atoms with van der Waals surface area (Å²) in [7, 11) is 0. The largest absolute Gasteiger partial charge is 0.302 e. The lowest BCUT2D eigenvalue weighted by Crippen LogP contribution is -2.32. The number of hydrogen-bond acceptors (Lipinski definition) is 6. The van der Waals surface area contributed by atoms with E-state index in [0.717, 1.165) is 5.69 Å². The molecule has 0 bridgehead atoms. The quantitative estimate of drug-likeness (QED) is 0.776. The summed E-state index contributed by atoms with van der Waals surface area (Å²) < 4.78 is 0. The van der Waals surface area contributed by atoms with Gasteiger partial charge in [-0.2, -0.15) is 5.10 Å². The van der Waals surface area contributed by atoms with Gasteiger partial charge in [-0.15, -0.1) is 5.10 Å². The molecule has 84 valence electrons. The molecule has 0 spiro atoms. The maximum absolute atomic E-state index is 4.46. The molecule has 0 amide bonds. The molecule has 3 rings (SSSR count). The van der Waals surface area contributed by atoms with Crippen molar-refractivity contribution >= 4 is 5.84 Å². The number of hydrogen-bond donors (Lipinski definition) is 2. The lowest BCUT2D eigenvalue weighted by atomic mass is 10.3. The van der Waals surface area contributed by atoms with Gasteiger partial charge in [-0.3, -0.25) is 4.98 Å². The van der Waals surface area contributed by atoms with E-state index in [9.17, 15) is 0 Å². The molecule has 3 heterocycles. The number of nitrogens with zero attached hydrogens (tertiary/aromatic N) is 4. The van der Waals surface area contributed by atoms with E-state index >= 15 is 0 Å². The molecule has 2 N–H and O–H groups in total. The van der Waals surface area contributed by atoms with Crippen LogP contribution in [-0.2, 0) is 0 Å². The first-order valence-electron chi connectivity index (χ1n) is 5.22. The number of hydrazine groups is 1. The van der Waals surface area contributed by atoms with Crippen molar-refractivity contribution in [1.82, 2.24) is 26.0 Å². The molecule has 1 atom stereocenters. The Morgan fingerprint density at radius 2 is 2.06 bits per heavy atom. The van der Waals surface area contributed by atoms with Crippen LogP contribution < -0.4 is 10.9 Å². The summed E-state index contributed by atoms with van der Waals surface area (Å²) in [6.45, 7) is 0. The van der Waals surface area contributed by atoms with Gasteiger partial charge in [0.15, 0.2) is 12.0 Å². The van der Waals surface area contributed by atoms with Crippen molar-refractivity contribution in [3.8, 4) is 0 Å². The number of rotatable bonds is 2. The number of amidine groups is 1. The van der Waals surface area contributed by atoms with Crippen LogP contribution in [0.3, 0.4) is 0 Å². The molecular formula is C11H10N6. The molecule has 6 heteroatoms. The van der Waals surface area contributed by atoms with Crippen molar-refractivity contribution in [2.75, 3.05) is 0 Å². The zero-order chi connectivity index (χ0) is 11.5. The van der Waals surface area contributed by atoms with Crippen LogP contribution in [0.15, 0.2) is 47.7 Å². The van der Waals surface area contributed by atoms with Crippen molar-refractivity contribution in [2.24, 2.45) is 4.99 Å². The predicted octanol–water partition coefficient (Wildman–Crippen LogP) is 0.425. The highest BCUT2D eigenvalue weighted by atomic mass is 15.5. The molecule has 17 heavy (non-hydrogen) atoms. The van der Waals surface area contributed by atoms with Gasteiger partial charge >= 0.3 is 0 Å². The fourth-order valence-corrected chi connectivity index (χ4v) is 1.57. The Labute approximate surface area is 97.8 Å². The summed E-state index contributed by atoms with van der Waals surface area (Å²) in [6, 6.07) is 9.39. The first-order chi connectivity index (χ1) is 8.43. The second-order valence-electron chi connectivity index (χ2n) is 3.51. The molecule has 2 aromatic heterocycles. The standard InChI is InChI=1S/C11H10N6/c1-2-6-12-8(4-1)10-14-11(17-16-10)9-5-3-7-13-15-9/h1-7,10,16H,(H,14,17). The third kappa shape index (κ3) is 1.98. The van der Waals surface area contributed by atoms with Gasteiger partial charge in [0.1, 0.15) is 5.69 Å². The molecule has 6 nitrogen and oxygen atoms in total. The van der Waals surface area contributed by atoms with Crippen LogP contribution in [0.2, 0.25) is 0 Å². The topological polar surface area (TPSA) is 75.1 Å². The maximum Gasteiger partial charge on any atom is 0.165 e. The normalized spacial score (nSPS) is 18.6. The Morgan fingerprint density at radius 3 is 2.82 bits per heavy atom. The molecule has 1 unspecified atom stereocenters. The summed E-state index contributed by atoms with van der Waals surface area (Å²) in [6.07, 6.45) is 3.18. The van der Waals surface area contributed by atoms with Gasteiger partial charge in [-0.25, -0.2) is 10.4 Å². The molecule has 0 fully saturated rings.